The van der Waals surface area contributed by atoms with Gasteiger partial charge in [0.2, 0.25) is 5.91 Å². The fraction of sp³-hybridized carbons (Fsp3) is 0.267. The molecule has 2 aromatic heterocycles. The monoisotopic (exact) mass is 343 g/mol. The van der Waals surface area contributed by atoms with Gasteiger partial charge in [-0.05, 0) is 25.1 Å². The molecular weight excluding hydrogens is 326 g/mol. The standard InChI is InChI=1S/C15H17N7O3/c1-3-25-15(24)18-13-7-22(20-19-13)8-14(23)17-10-4-5-12-11(6-10)16-9-21(12)2/h4-7,9H,3,8H2,1-2H3,(H,17,23)(H,18,24). The second-order valence-corrected chi connectivity index (χ2v) is 5.25. The highest BCUT2D eigenvalue weighted by Gasteiger charge is 2.10. The normalized spacial score (nSPS) is 10.6. The maximum absolute atomic E-state index is 12.1. The molecule has 10 nitrogen and oxygen atoms in total. The molecule has 0 aliphatic rings. The van der Waals surface area contributed by atoms with Gasteiger partial charge in [0.15, 0.2) is 5.82 Å². The summed E-state index contributed by atoms with van der Waals surface area (Å²) in [5, 5.41) is 12.7. The Morgan fingerprint density at radius 2 is 2.12 bits per heavy atom. The Balaban J connectivity index is 1.60. The van der Waals surface area contributed by atoms with E-state index >= 15 is 0 Å². The lowest BCUT2D eigenvalue weighted by Crippen LogP contribution is -2.19. The van der Waals surface area contributed by atoms with Crippen molar-refractivity contribution in [3.63, 3.8) is 0 Å². The van der Waals surface area contributed by atoms with E-state index < -0.39 is 6.09 Å². The van der Waals surface area contributed by atoms with Gasteiger partial charge < -0.3 is 14.6 Å². The molecule has 0 bridgehead atoms. The third-order valence-electron chi connectivity index (χ3n) is 3.36. The van der Waals surface area contributed by atoms with Crippen LogP contribution < -0.4 is 10.6 Å². The number of rotatable bonds is 5. The summed E-state index contributed by atoms with van der Waals surface area (Å²) in [6.45, 7) is 1.91. The number of nitrogens with one attached hydrogen (secondary N) is 2. The first-order chi connectivity index (χ1) is 12.0. The smallest absolute Gasteiger partial charge is 0.412 e. The first kappa shape index (κ1) is 16.4. The summed E-state index contributed by atoms with van der Waals surface area (Å²) < 4.78 is 7.95. The van der Waals surface area contributed by atoms with Crippen molar-refractivity contribution in [3.8, 4) is 0 Å². The summed E-state index contributed by atoms with van der Waals surface area (Å²) in [7, 11) is 1.90. The number of fused-ring (bicyclic) bond motifs is 1. The van der Waals surface area contributed by atoms with Crippen LogP contribution in [0.4, 0.5) is 16.3 Å². The largest absolute Gasteiger partial charge is 0.450 e. The van der Waals surface area contributed by atoms with Crippen molar-refractivity contribution in [2.45, 2.75) is 13.5 Å². The summed E-state index contributed by atoms with van der Waals surface area (Å²) in [5.74, 6) is -0.0657. The molecule has 2 amide bonds. The highest BCUT2D eigenvalue weighted by Crippen LogP contribution is 2.17. The lowest BCUT2D eigenvalue weighted by molar-refractivity contribution is -0.116. The number of nitrogens with zero attached hydrogens (tertiary/aromatic N) is 5. The molecule has 2 N–H and O–H groups in total. The van der Waals surface area contributed by atoms with Crippen molar-refractivity contribution in [1.29, 1.82) is 0 Å². The zero-order valence-corrected chi connectivity index (χ0v) is 13.8. The number of carbonyl (C=O) groups is 2. The van der Waals surface area contributed by atoms with Gasteiger partial charge in [-0.25, -0.2) is 14.5 Å². The molecule has 3 rings (SSSR count). The molecule has 0 saturated carbocycles. The van der Waals surface area contributed by atoms with Crippen LogP contribution in [0.3, 0.4) is 0 Å². The number of benzene rings is 1. The van der Waals surface area contributed by atoms with Crippen LogP contribution in [-0.2, 0) is 23.1 Å². The van der Waals surface area contributed by atoms with Gasteiger partial charge in [0.05, 0.1) is 30.2 Å². The highest BCUT2D eigenvalue weighted by atomic mass is 16.5. The molecule has 0 saturated heterocycles. The van der Waals surface area contributed by atoms with E-state index in [1.165, 1.54) is 10.9 Å². The van der Waals surface area contributed by atoms with Crippen LogP contribution in [0, 0.1) is 0 Å². The van der Waals surface area contributed by atoms with Crippen LogP contribution in [0.25, 0.3) is 11.0 Å². The number of hydrogen-bond acceptors (Lipinski definition) is 6. The second kappa shape index (κ2) is 6.99. The van der Waals surface area contributed by atoms with Crippen LogP contribution in [0.15, 0.2) is 30.7 Å². The zero-order chi connectivity index (χ0) is 17.8. The van der Waals surface area contributed by atoms with E-state index in [0.29, 0.717) is 5.69 Å². The van der Waals surface area contributed by atoms with Gasteiger partial charge in [-0.2, -0.15) is 0 Å². The lowest BCUT2D eigenvalue weighted by Gasteiger charge is -2.05. The highest BCUT2D eigenvalue weighted by molar-refractivity contribution is 5.93. The van der Waals surface area contributed by atoms with Crippen LogP contribution in [-0.4, -0.2) is 43.2 Å². The SMILES string of the molecule is CCOC(=O)Nc1cn(CC(=O)Nc2ccc3c(c2)ncn3C)nn1. The van der Waals surface area contributed by atoms with Gasteiger partial charge in [-0.3, -0.25) is 10.1 Å². The van der Waals surface area contributed by atoms with Gasteiger partial charge in [-0.1, -0.05) is 5.21 Å². The Bertz CT molecular complexity index is 915. The molecule has 3 aromatic rings. The fourth-order valence-electron chi connectivity index (χ4n) is 2.27. The minimum absolute atomic E-state index is 0.0439. The van der Waals surface area contributed by atoms with Crippen molar-refractivity contribution in [1.82, 2.24) is 24.5 Å². The van der Waals surface area contributed by atoms with Gasteiger partial charge in [0.1, 0.15) is 6.54 Å². The fourth-order valence-corrected chi connectivity index (χ4v) is 2.27. The lowest BCUT2D eigenvalue weighted by atomic mass is 10.2. The number of amides is 2. The van der Waals surface area contributed by atoms with Crippen LogP contribution in [0.2, 0.25) is 0 Å². The predicted octanol–water partition coefficient (Wildman–Crippen LogP) is 1.37. The molecule has 0 atom stereocenters. The number of aryl methyl sites for hydroxylation is 1. The molecule has 130 valence electrons. The van der Waals surface area contributed by atoms with Gasteiger partial charge in [0, 0.05) is 12.7 Å². The molecule has 10 heteroatoms. The molecule has 25 heavy (non-hydrogen) atoms. The molecule has 0 radical (unpaired) electrons. The topological polar surface area (TPSA) is 116 Å². The summed E-state index contributed by atoms with van der Waals surface area (Å²) in [4.78, 5) is 27.7. The molecule has 2 heterocycles. The van der Waals surface area contributed by atoms with Gasteiger partial charge >= 0.3 is 6.09 Å². The third kappa shape index (κ3) is 3.91. The van der Waals surface area contributed by atoms with Crippen LogP contribution in [0.1, 0.15) is 6.92 Å². The van der Waals surface area contributed by atoms with Crippen molar-refractivity contribution in [2.24, 2.45) is 7.05 Å². The first-order valence-electron chi connectivity index (χ1n) is 7.60. The number of carbonyl (C=O) groups excluding carboxylic acids is 2. The van der Waals surface area contributed by atoms with E-state index in [2.05, 4.69) is 25.9 Å². The van der Waals surface area contributed by atoms with E-state index in [-0.39, 0.29) is 24.9 Å². The summed E-state index contributed by atoms with van der Waals surface area (Å²) >= 11 is 0. The average Bonchev–Trinajstić information content (AvgIpc) is 3.14. The maximum atomic E-state index is 12.1. The van der Waals surface area contributed by atoms with Gasteiger partial charge in [-0.15, -0.1) is 5.10 Å². The second-order valence-electron chi connectivity index (χ2n) is 5.25. The van der Waals surface area contributed by atoms with E-state index in [9.17, 15) is 9.59 Å². The molecule has 1 aromatic carbocycles. The summed E-state index contributed by atoms with van der Waals surface area (Å²) in [6.07, 6.45) is 2.53. The Morgan fingerprint density at radius 1 is 1.28 bits per heavy atom. The Labute approximate surface area is 142 Å². The number of aromatic nitrogens is 5. The van der Waals surface area contributed by atoms with Crippen LogP contribution in [0.5, 0.6) is 0 Å². The summed E-state index contributed by atoms with van der Waals surface area (Å²) in [6, 6.07) is 5.48. The summed E-state index contributed by atoms with van der Waals surface area (Å²) in [5.41, 5.74) is 2.41. The Morgan fingerprint density at radius 3 is 2.92 bits per heavy atom. The maximum Gasteiger partial charge on any atom is 0.412 e. The van der Waals surface area contributed by atoms with Gasteiger partial charge in [0.25, 0.3) is 0 Å². The quantitative estimate of drug-likeness (QED) is 0.723. The number of hydrogen-bond donors (Lipinski definition) is 2. The third-order valence-corrected chi connectivity index (χ3v) is 3.36. The van der Waals surface area contributed by atoms with Crippen LogP contribution >= 0.6 is 0 Å². The molecule has 0 aliphatic heterocycles. The zero-order valence-electron chi connectivity index (χ0n) is 13.8. The predicted molar refractivity (Wildman–Crippen MR) is 90.0 cm³/mol. The molecular formula is C15H17N7O3. The van der Waals surface area contributed by atoms with Crippen molar-refractivity contribution >= 4 is 34.5 Å². The first-order valence-corrected chi connectivity index (χ1v) is 7.60. The van der Waals surface area contributed by atoms with E-state index in [1.807, 2.05) is 17.7 Å². The van der Waals surface area contributed by atoms with Crippen molar-refractivity contribution in [2.75, 3.05) is 17.2 Å². The number of ether oxygens (including phenoxy) is 1. The minimum atomic E-state index is -0.623. The number of anilines is 2. The Kier molecular flexibility index (Phi) is 4.59. The molecule has 0 fully saturated rings. The average molecular weight is 343 g/mol. The Hall–Kier alpha value is -3.43. The molecule has 0 unspecified atom stereocenters. The van der Waals surface area contributed by atoms with Crippen molar-refractivity contribution in [3.05, 3.63) is 30.7 Å². The molecule has 0 aliphatic carbocycles. The van der Waals surface area contributed by atoms with E-state index in [4.69, 9.17) is 4.74 Å². The minimum Gasteiger partial charge on any atom is -0.450 e. The molecule has 0 spiro atoms. The van der Waals surface area contributed by atoms with Crippen molar-refractivity contribution < 1.29 is 14.3 Å². The number of imidazole rings is 1. The van der Waals surface area contributed by atoms with E-state index in [1.54, 1.807) is 25.4 Å². The van der Waals surface area contributed by atoms with E-state index in [0.717, 1.165) is 11.0 Å².